The van der Waals surface area contributed by atoms with E-state index < -0.39 is 0 Å². The van der Waals surface area contributed by atoms with Crippen molar-refractivity contribution < 1.29 is 9.59 Å². The van der Waals surface area contributed by atoms with Crippen LogP contribution in [0.15, 0.2) is 67.0 Å². The predicted octanol–water partition coefficient (Wildman–Crippen LogP) is 4.19. The van der Waals surface area contributed by atoms with E-state index in [1.165, 1.54) is 6.20 Å². The SMILES string of the molecule is O=C(Nc1ccccc1)c1cncc(N2CCc3cc(Cl)ccc3C2=O)c1. The number of halogens is 1. The Morgan fingerprint density at radius 2 is 1.89 bits per heavy atom. The van der Waals surface area contributed by atoms with E-state index in [-0.39, 0.29) is 11.8 Å². The Balaban J connectivity index is 1.58. The molecule has 0 unspecified atom stereocenters. The molecule has 1 aliphatic rings. The molecule has 6 heteroatoms. The van der Waals surface area contributed by atoms with Gasteiger partial charge in [-0.15, -0.1) is 0 Å². The van der Waals surface area contributed by atoms with Crippen LogP contribution < -0.4 is 10.2 Å². The highest BCUT2D eigenvalue weighted by molar-refractivity contribution is 6.30. The van der Waals surface area contributed by atoms with Gasteiger partial charge in [0, 0.05) is 29.0 Å². The summed E-state index contributed by atoms with van der Waals surface area (Å²) in [7, 11) is 0. The van der Waals surface area contributed by atoms with Crippen molar-refractivity contribution >= 4 is 34.8 Å². The Bertz CT molecular complexity index is 1020. The molecule has 0 spiro atoms. The number of aromatic nitrogens is 1. The first-order chi connectivity index (χ1) is 13.1. The van der Waals surface area contributed by atoms with Crippen LogP contribution in [0, 0.1) is 0 Å². The Kier molecular flexibility index (Phi) is 4.60. The largest absolute Gasteiger partial charge is 0.322 e. The highest BCUT2D eigenvalue weighted by atomic mass is 35.5. The van der Waals surface area contributed by atoms with Crippen molar-refractivity contribution in [3.8, 4) is 0 Å². The van der Waals surface area contributed by atoms with Crippen molar-refractivity contribution in [3.05, 3.63) is 88.7 Å². The maximum atomic E-state index is 12.9. The summed E-state index contributed by atoms with van der Waals surface area (Å²) in [6, 6.07) is 16.2. The van der Waals surface area contributed by atoms with Gasteiger partial charge in [0.15, 0.2) is 0 Å². The summed E-state index contributed by atoms with van der Waals surface area (Å²) in [4.78, 5) is 31.1. The minimum absolute atomic E-state index is 0.115. The van der Waals surface area contributed by atoms with Crippen molar-refractivity contribution in [1.29, 1.82) is 0 Å². The number of rotatable bonds is 3. The van der Waals surface area contributed by atoms with Crippen molar-refractivity contribution in [3.63, 3.8) is 0 Å². The number of fused-ring (bicyclic) bond motifs is 1. The Hall–Kier alpha value is -3.18. The molecule has 1 aliphatic heterocycles. The van der Waals surface area contributed by atoms with Gasteiger partial charge in [0.2, 0.25) is 0 Å². The molecule has 0 bridgehead atoms. The molecule has 1 aromatic heterocycles. The third kappa shape index (κ3) is 3.55. The zero-order valence-corrected chi connectivity index (χ0v) is 15.1. The lowest BCUT2D eigenvalue weighted by Crippen LogP contribution is -2.37. The van der Waals surface area contributed by atoms with Crippen molar-refractivity contribution in [2.75, 3.05) is 16.8 Å². The van der Waals surface area contributed by atoms with Crippen molar-refractivity contribution in [2.45, 2.75) is 6.42 Å². The zero-order valence-electron chi connectivity index (χ0n) is 14.4. The second-order valence-electron chi connectivity index (χ2n) is 6.26. The minimum Gasteiger partial charge on any atom is -0.322 e. The van der Waals surface area contributed by atoms with Gasteiger partial charge in [-0.05, 0) is 48.4 Å². The van der Waals surface area contributed by atoms with E-state index in [2.05, 4.69) is 10.3 Å². The molecule has 1 N–H and O–H groups in total. The van der Waals surface area contributed by atoms with E-state index in [9.17, 15) is 9.59 Å². The number of carbonyl (C=O) groups excluding carboxylic acids is 2. The molecule has 3 aromatic rings. The first-order valence-corrected chi connectivity index (χ1v) is 8.91. The monoisotopic (exact) mass is 377 g/mol. The third-order valence-corrected chi connectivity index (χ3v) is 4.71. The standard InChI is InChI=1S/C21H16ClN3O2/c22-16-6-7-19-14(10-16)8-9-25(21(19)27)18-11-15(12-23-13-18)20(26)24-17-4-2-1-3-5-17/h1-7,10-13H,8-9H2,(H,24,26). The zero-order chi connectivity index (χ0) is 18.8. The number of hydrogen-bond acceptors (Lipinski definition) is 3. The van der Waals surface area contributed by atoms with Crippen LogP contribution in [0.1, 0.15) is 26.3 Å². The lowest BCUT2D eigenvalue weighted by Gasteiger charge is -2.28. The summed E-state index contributed by atoms with van der Waals surface area (Å²) in [5, 5.41) is 3.45. The van der Waals surface area contributed by atoms with E-state index in [1.54, 1.807) is 29.3 Å². The van der Waals surface area contributed by atoms with Crippen molar-refractivity contribution in [2.24, 2.45) is 0 Å². The van der Waals surface area contributed by atoms with Gasteiger partial charge in [0.1, 0.15) is 0 Å². The highest BCUT2D eigenvalue weighted by Gasteiger charge is 2.26. The summed E-state index contributed by atoms with van der Waals surface area (Å²) in [5.74, 6) is -0.387. The van der Waals surface area contributed by atoms with Crippen LogP contribution in [0.5, 0.6) is 0 Å². The average molecular weight is 378 g/mol. The summed E-state index contributed by atoms with van der Waals surface area (Å²) in [6.45, 7) is 0.512. The predicted molar refractivity (Wildman–Crippen MR) is 105 cm³/mol. The molecule has 0 atom stereocenters. The molecule has 2 aromatic carbocycles. The first kappa shape index (κ1) is 17.2. The molecule has 0 aliphatic carbocycles. The Morgan fingerprint density at radius 3 is 2.70 bits per heavy atom. The summed E-state index contributed by atoms with van der Waals surface area (Å²) < 4.78 is 0. The third-order valence-electron chi connectivity index (χ3n) is 4.48. The second-order valence-corrected chi connectivity index (χ2v) is 6.70. The van der Waals surface area contributed by atoms with Gasteiger partial charge < -0.3 is 10.2 Å². The first-order valence-electron chi connectivity index (χ1n) is 8.53. The fraction of sp³-hybridized carbons (Fsp3) is 0.0952. The number of amides is 2. The number of anilines is 2. The number of carbonyl (C=O) groups is 2. The average Bonchev–Trinajstić information content (AvgIpc) is 2.69. The number of para-hydroxylation sites is 1. The molecule has 5 nitrogen and oxygen atoms in total. The maximum absolute atomic E-state index is 12.9. The molecule has 4 rings (SSSR count). The highest BCUT2D eigenvalue weighted by Crippen LogP contribution is 2.26. The molecule has 0 saturated carbocycles. The van der Waals surface area contributed by atoms with Crippen LogP contribution in [0.2, 0.25) is 5.02 Å². The molecule has 27 heavy (non-hydrogen) atoms. The van der Waals surface area contributed by atoms with Crippen LogP contribution in [0.4, 0.5) is 11.4 Å². The number of benzene rings is 2. The molecule has 0 fully saturated rings. The Morgan fingerprint density at radius 1 is 1.07 bits per heavy atom. The van der Waals surface area contributed by atoms with E-state index in [4.69, 9.17) is 11.6 Å². The van der Waals surface area contributed by atoms with Gasteiger partial charge in [-0.3, -0.25) is 14.6 Å². The Labute approximate surface area is 161 Å². The minimum atomic E-state index is -0.271. The van der Waals surface area contributed by atoms with E-state index >= 15 is 0 Å². The lowest BCUT2D eigenvalue weighted by atomic mass is 9.98. The number of hydrogen-bond donors (Lipinski definition) is 1. The number of pyridine rings is 1. The quantitative estimate of drug-likeness (QED) is 0.744. The molecular formula is C21H16ClN3O2. The molecule has 134 valence electrons. The fourth-order valence-electron chi connectivity index (χ4n) is 3.13. The maximum Gasteiger partial charge on any atom is 0.258 e. The molecule has 0 saturated heterocycles. The van der Waals surface area contributed by atoms with Gasteiger partial charge in [-0.25, -0.2) is 0 Å². The molecule has 2 heterocycles. The number of nitrogens with zero attached hydrogens (tertiary/aromatic N) is 2. The van der Waals surface area contributed by atoms with Gasteiger partial charge in [-0.1, -0.05) is 29.8 Å². The summed E-state index contributed by atoms with van der Waals surface area (Å²) in [5.41, 5.74) is 3.26. The lowest BCUT2D eigenvalue weighted by molar-refractivity contribution is 0.0978. The normalized spacial score (nSPS) is 13.2. The summed E-state index contributed by atoms with van der Waals surface area (Å²) >= 11 is 6.02. The van der Waals surface area contributed by atoms with Gasteiger partial charge in [0.05, 0.1) is 17.4 Å². The molecule has 2 amide bonds. The van der Waals surface area contributed by atoms with Gasteiger partial charge in [0.25, 0.3) is 11.8 Å². The topological polar surface area (TPSA) is 62.3 Å². The fourth-order valence-corrected chi connectivity index (χ4v) is 3.32. The van der Waals surface area contributed by atoms with Gasteiger partial charge >= 0.3 is 0 Å². The smallest absolute Gasteiger partial charge is 0.258 e. The van der Waals surface area contributed by atoms with Crippen LogP contribution in [-0.4, -0.2) is 23.3 Å². The summed E-state index contributed by atoms with van der Waals surface area (Å²) in [6.07, 6.45) is 3.78. The molecule has 0 radical (unpaired) electrons. The van der Waals surface area contributed by atoms with E-state index in [0.717, 1.165) is 5.56 Å². The van der Waals surface area contributed by atoms with Gasteiger partial charge in [-0.2, -0.15) is 0 Å². The van der Waals surface area contributed by atoms with Crippen LogP contribution in [-0.2, 0) is 6.42 Å². The van der Waals surface area contributed by atoms with Crippen LogP contribution >= 0.6 is 11.6 Å². The van der Waals surface area contributed by atoms with E-state index in [0.29, 0.717) is 40.5 Å². The van der Waals surface area contributed by atoms with Crippen molar-refractivity contribution in [1.82, 2.24) is 4.98 Å². The second kappa shape index (κ2) is 7.21. The molecular weight excluding hydrogens is 362 g/mol. The number of nitrogens with one attached hydrogen (secondary N) is 1. The van der Waals surface area contributed by atoms with Crippen LogP contribution in [0.3, 0.4) is 0 Å². The van der Waals surface area contributed by atoms with E-state index in [1.807, 2.05) is 36.4 Å². The van der Waals surface area contributed by atoms with Crippen LogP contribution in [0.25, 0.3) is 0 Å².